The number of methoxy groups -OCH3 is 1. The van der Waals surface area contributed by atoms with Gasteiger partial charge in [0.15, 0.2) is 5.96 Å². The van der Waals surface area contributed by atoms with Crippen LogP contribution in [0.15, 0.2) is 29.3 Å². The minimum absolute atomic E-state index is 0. The van der Waals surface area contributed by atoms with Gasteiger partial charge in [-0.15, -0.1) is 24.0 Å². The molecule has 0 saturated heterocycles. The topological polar surface area (TPSA) is 78.4 Å². The molecular formula is C24H45IN4O3. The molecule has 0 aliphatic carbocycles. The summed E-state index contributed by atoms with van der Waals surface area (Å²) in [5.74, 6) is 1.67. The number of ether oxygens (including phenoxy) is 2. The Morgan fingerprint density at radius 1 is 1.12 bits per heavy atom. The number of aliphatic hydroxyl groups excluding tert-OH is 1. The van der Waals surface area contributed by atoms with E-state index in [0.717, 1.165) is 69.3 Å². The molecule has 0 spiro atoms. The van der Waals surface area contributed by atoms with Crippen molar-refractivity contribution >= 4 is 29.9 Å². The fourth-order valence-corrected chi connectivity index (χ4v) is 3.37. The molecule has 32 heavy (non-hydrogen) atoms. The minimum Gasteiger partial charge on any atom is -0.492 e. The van der Waals surface area contributed by atoms with E-state index < -0.39 is 0 Å². The van der Waals surface area contributed by atoms with Crippen molar-refractivity contribution in [2.24, 2.45) is 10.4 Å². The van der Waals surface area contributed by atoms with Gasteiger partial charge in [0.2, 0.25) is 0 Å². The van der Waals surface area contributed by atoms with Gasteiger partial charge in [-0.25, -0.2) is 4.99 Å². The van der Waals surface area contributed by atoms with E-state index >= 15 is 0 Å². The summed E-state index contributed by atoms with van der Waals surface area (Å²) in [6.45, 7) is 11.9. The Bertz CT molecular complexity index is 627. The zero-order valence-electron chi connectivity index (χ0n) is 20.7. The van der Waals surface area contributed by atoms with E-state index in [9.17, 15) is 5.11 Å². The zero-order chi connectivity index (χ0) is 23.0. The van der Waals surface area contributed by atoms with Crippen LogP contribution >= 0.6 is 24.0 Å². The van der Waals surface area contributed by atoms with Gasteiger partial charge in [0.05, 0.1) is 13.2 Å². The summed E-state index contributed by atoms with van der Waals surface area (Å²) in [4.78, 5) is 6.94. The van der Waals surface area contributed by atoms with Crippen LogP contribution < -0.4 is 15.4 Å². The highest BCUT2D eigenvalue weighted by Crippen LogP contribution is 2.29. The first kappa shape index (κ1) is 30.9. The van der Waals surface area contributed by atoms with Gasteiger partial charge in [0.25, 0.3) is 0 Å². The maximum atomic E-state index is 9.45. The molecule has 0 unspecified atom stereocenters. The molecule has 1 aromatic rings. The van der Waals surface area contributed by atoms with Gasteiger partial charge < -0.3 is 30.1 Å². The first-order valence-corrected chi connectivity index (χ1v) is 11.5. The number of benzene rings is 1. The summed E-state index contributed by atoms with van der Waals surface area (Å²) in [7, 11) is 3.78. The number of nitrogens with zero attached hydrogens (tertiary/aromatic N) is 2. The Morgan fingerprint density at radius 3 is 2.47 bits per heavy atom. The van der Waals surface area contributed by atoms with Crippen molar-refractivity contribution in [3.63, 3.8) is 0 Å². The number of hydrogen-bond acceptors (Lipinski definition) is 5. The number of aliphatic hydroxyl groups is 1. The minimum atomic E-state index is 0. The Kier molecular flexibility index (Phi) is 17.7. The quantitative estimate of drug-likeness (QED) is 0.162. The van der Waals surface area contributed by atoms with Crippen molar-refractivity contribution in [3.8, 4) is 5.75 Å². The second-order valence-electron chi connectivity index (χ2n) is 8.02. The molecule has 186 valence electrons. The van der Waals surface area contributed by atoms with Crippen LogP contribution in [0, 0.1) is 5.41 Å². The van der Waals surface area contributed by atoms with Gasteiger partial charge in [-0.05, 0) is 56.3 Å². The molecule has 1 rings (SSSR count). The highest BCUT2D eigenvalue weighted by Gasteiger charge is 2.25. The molecule has 8 heteroatoms. The van der Waals surface area contributed by atoms with Crippen LogP contribution in [0.2, 0.25) is 0 Å². The number of aliphatic imine (C=N–C) groups is 1. The first-order valence-electron chi connectivity index (χ1n) is 11.5. The SMILES string of the molecule is CCNC(=NCc1cccc(OCCN(C)CCOC)c1)NCC(CC)(CC)CCO.I. The molecule has 1 aromatic carbocycles. The van der Waals surface area contributed by atoms with Gasteiger partial charge in [-0.2, -0.15) is 0 Å². The van der Waals surface area contributed by atoms with Gasteiger partial charge in [-0.1, -0.05) is 26.0 Å². The average Bonchev–Trinajstić information content (AvgIpc) is 2.79. The summed E-state index contributed by atoms with van der Waals surface area (Å²) in [6.07, 6.45) is 2.85. The Hall–Kier alpha value is -1.10. The molecule has 0 aliphatic heterocycles. The largest absolute Gasteiger partial charge is 0.492 e. The highest BCUT2D eigenvalue weighted by atomic mass is 127. The Morgan fingerprint density at radius 2 is 1.84 bits per heavy atom. The molecule has 3 N–H and O–H groups in total. The van der Waals surface area contributed by atoms with Crippen LogP contribution in [-0.2, 0) is 11.3 Å². The van der Waals surface area contributed by atoms with Crippen LogP contribution in [0.4, 0.5) is 0 Å². The van der Waals surface area contributed by atoms with Crippen LogP contribution in [0.3, 0.4) is 0 Å². The maximum Gasteiger partial charge on any atom is 0.191 e. The average molecular weight is 565 g/mol. The lowest BCUT2D eigenvalue weighted by molar-refractivity contribution is 0.150. The van der Waals surface area contributed by atoms with Crippen LogP contribution in [0.5, 0.6) is 5.75 Å². The lowest BCUT2D eigenvalue weighted by atomic mass is 9.79. The van der Waals surface area contributed by atoms with E-state index in [1.54, 1.807) is 7.11 Å². The monoisotopic (exact) mass is 564 g/mol. The lowest BCUT2D eigenvalue weighted by Gasteiger charge is -2.32. The predicted molar refractivity (Wildman–Crippen MR) is 144 cm³/mol. The Labute approximate surface area is 212 Å². The highest BCUT2D eigenvalue weighted by molar-refractivity contribution is 14.0. The van der Waals surface area contributed by atoms with Crippen LogP contribution in [-0.4, -0.2) is 76.1 Å². The molecule has 7 nitrogen and oxygen atoms in total. The molecule has 0 amide bonds. The number of rotatable bonds is 16. The zero-order valence-corrected chi connectivity index (χ0v) is 23.0. The van der Waals surface area contributed by atoms with Gasteiger partial charge >= 0.3 is 0 Å². The summed E-state index contributed by atoms with van der Waals surface area (Å²) < 4.78 is 11.0. The van der Waals surface area contributed by atoms with Gasteiger partial charge in [0, 0.05) is 39.9 Å². The number of hydrogen-bond donors (Lipinski definition) is 3. The number of nitrogens with one attached hydrogen (secondary N) is 2. The van der Waals surface area contributed by atoms with Crippen molar-refractivity contribution in [2.75, 3.05) is 60.2 Å². The summed E-state index contributed by atoms with van der Waals surface area (Å²) in [5, 5.41) is 16.2. The molecule has 0 aliphatic rings. The smallest absolute Gasteiger partial charge is 0.191 e. The fourth-order valence-electron chi connectivity index (χ4n) is 3.37. The maximum absolute atomic E-state index is 9.45. The molecule has 0 heterocycles. The van der Waals surface area contributed by atoms with E-state index in [0.29, 0.717) is 13.2 Å². The number of halogens is 1. The molecule has 0 fully saturated rings. The van der Waals surface area contributed by atoms with Crippen LogP contribution in [0.25, 0.3) is 0 Å². The van der Waals surface area contributed by atoms with Crippen molar-refractivity contribution in [1.82, 2.24) is 15.5 Å². The third kappa shape index (κ3) is 12.2. The lowest BCUT2D eigenvalue weighted by Crippen LogP contribution is -2.43. The molecular weight excluding hydrogens is 519 g/mol. The van der Waals surface area contributed by atoms with E-state index in [2.05, 4.69) is 55.5 Å². The molecule has 0 radical (unpaired) electrons. The second-order valence-corrected chi connectivity index (χ2v) is 8.02. The fraction of sp³-hybridized carbons (Fsp3) is 0.708. The van der Waals surface area contributed by atoms with Crippen molar-refractivity contribution in [3.05, 3.63) is 29.8 Å². The third-order valence-electron chi connectivity index (χ3n) is 5.85. The second kappa shape index (κ2) is 18.3. The first-order chi connectivity index (χ1) is 15.0. The summed E-state index contributed by atoms with van der Waals surface area (Å²) >= 11 is 0. The number of guanidine groups is 1. The Balaban J connectivity index is 0.00000961. The summed E-state index contributed by atoms with van der Waals surface area (Å²) in [5.41, 5.74) is 1.20. The van der Waals surface area contributed by atoms with E-state index in [1.807, 2.05) is 12.1 Å². The molecule has 0 bridgehead atoms. The van der Waals surface area contributed by atoms with E-state index in [1.165, 1.54) is 0 Å². The number of likely N-dealkylation sites (N-methyl/N-ethyl adjacent to an activating group) is 1. The third-order valence-corrected chi connectivity index (χ3v) is 5.85. The van der Waals surface area contributed by atoms with E-state index in [-0.39, 0.29) is 36.0 Å². The summed E-state index contributed by atoms with van der Waals surface area (Å²) in [6, 6.07) is 8.11. The van der Waals surface area contributed by atoms with Crippen molar-refractivity contribution < 1.29 is 14.6 Å². The van der Waals surface area contributed by atoms with Gasteiger partial charge in [0.1, 0.15) is 12.4 Å². The normalized spacial score (nSPS) is 11.9. The van der Waals surface area contributed by atoms with Crippen LogP contribution in [0.1, 0.15) is 45.6 Å². The van der Waals surface area contributed by atoms with E-state index in [4.69, 9.17) is 14.5 Å². The van der Waals surface area contributed by atoms with Crippen molar-refractivity contribution in [1.29, 1.82) is 0 Å². The predicted octanol–water partition coefficient (Wildman–Crippen LogP) is 3.51. The standard InChI is InChI=1S/C24H44N4O3.HI/c1-6-24(7-2,12-15-29)20-27-23(25-8-3)26-19-21-10-9-11-22(18-21)31-17-14-28(4)13-16-30-5;/h9-11,18,29H,6-8,12-17,19-20H2,1-5H3,(H2,25,26,27);1H. The molecule has 0 atom stereocenters. The molecule has 0 saturated carbocycles. The van der Waals surface area contributed by atoms with Gasteiger partial charge in [-0.3, -0.25) is 0 Å². The molecule has 0 aromatic heterocycles. The van der Waals surface area contributed by atoms with Crippen molar-refractivity contribution in [2.45, 2.75) is 46.6 Å².